The maximum Gasteiger partial charge on any atom is 0.260 e. The van der Waals surface area contributed by atoms with Gasteiger partial charge in [-0.3, -0.25) is 25.2 Å². The number of aromatic amines is 1. The van der Waals surface area contributed by atoms with Crippen molar-refractivity contribution < 1.29 is 4.79 Å². The van der Waals surface area contributed by atoms with Crippen molar-refractivity contribution in [2.75, 3.05) is 5.32 Å². The molecule has 0 bridgehead atoms. The summed E-state index contributed by atoms with van der Waals surface area (Å²) in [5.41, 5.74) is 1.66. The Bertz CT molecular complexity index is 745. The van der Waals surface area contributed by atoms with Gasteiger partial charge in [0.2, 0.25) is 5.95 Å². The van der Waals surface area contributed by atoms with Gasteiger partial charge in [0.15, 0.2) is 0 Å². The van der Waals surface area contributed by atoms with Crippen molar-refractivity contribution in [3.8, 4) is 0 Å². The molecular formula is C12H10N6O. The number of aromatic nitrogens is 5. The number of fused-ring (bicyclic) bond motifs is 1. The summed E-state index contributed by atoms with van der Waals surface area (Å²) in [6, 6.07) is 5.25. The number of carbonyl (C=O) groups is 1. The molecule has 3 aromatic rings. The van der Waals surface area contributed by atoms with Gasteiger partial charge in [-0.1, -0.05) is 6.07 Å². The van der Waals surface area contributed by atoms with E-state index in [1.165, 1.54) is 0 Å². The van der Waals surface area contributed by atoms with Gasteiger partial charge in [0.25, 0.3) is 5.91 Å². The molecule has 0 radical (unpaired) electrons. The van der Waals surface area contributed by atoms with Gasteiger partial charge in [-0.25, -0.2) is 0 Å². The van der Waals surface area contributed by atoms with Crippen LogP contribution >= 0.6 is 0 Å². The lowest BCUT2D eigenvalue weighted by molar-refractivity contribution is 0.102. The number of para-hydroxylation sites is 1. The van der Waals surface area contributed by atoms with E-state index in [1.54, 1.807) is 37.5 Å². The summed E-state index contributed by atoms with van der Waals surface area (Å²) in [6.45, 7) is 1.76. The van der Waals surface area contributed by atoms with Crippen molar-refractivity contribution in [1.82, 2.24) is 25.1 Å². The number of carbonyl (C=O) groups excluding carboxylic acids is 1. The van der Waals surface area contributed by atoms with Crippen LogP contribution in [-0.2, 0) is 0 Å². The van der Waals surface area contributed by atoms with Gasteiger partial charge in [-0.05, 0) is 19.1 Å². The summed E-state index contributed by atoms with van der Waals surface area (Å²) < 4.78 is 0. The zero-order valence-corrected chi connectivity index (χ0v) is 10.1. The van der Waals surface area contributed by atoms with E-state index in [4.69, 9.17) is 0 Å². The normalized spacial score (nSPS) is 10.6. The Hall–Kier alpha value is -2.83. The zero-order valence-electron chi connectivity index (χ0n) is 10.1. The molecule has 0 aliphatic heterocycles. The standard InChI is InChI=1S/C12H10N6O/c1-7-15-12(18-17-7)16-11(19)8-3-2-4-9-10(8)14-6-5-13-9/h2-6H,1H3,(H2,15,16,17,18,19). The molecule has 94 valence electrons. The van der Waals surface area contributed by atoms with Crippen LogP contribution in [0.2, 0.25) is 0 Å². The van der Waals surface area contributed by atoms with E-state index in [0.717, 1.165) is 0 Å². The summed E-state index contributed by atoms with van der Waals surface area (Å²) in [5, 5.41) is 9.13. The summed E-state index contributed by atoms with van der Waals surface area (Å²) in [7, 11) is 0. The van der Waals surface area contributed by atoms with Crippen LogP contribution in [0.4, 0.5) is 5.95 Å². The zero-order chi connectivity index (χ0) is 13.2. The van der Waals surface area contributed by atoms with E-state index in [2.05, 4.69) is 30.5 Å². The molecule has 1 amide bonds. The van der Waals surface area contributed by atoms with Gasteiger partial charge < -0.3 is 0 Å². The van der Waals surface area contributed by atoms with E-state index >= 15 is 0 Å². The van der Waals surface area contributed by atoms with E-state index in [-0.39, 0.29) is 11.9 Å². The van der Waals surface area contributed by atoms with E-state index in [0.29, 0.717) is 22.4 Å². The summed E-state index contributed by atoms with van der Waals surface area (Å²) in [6.07, 6.45) is 3.14. The lowest BCUT2D eigenvalue weighted by Crippen LogP contribution is -2.14. The molecule has 0 spiro atoms. The largest absolute Gasteiger partial charge is 0.289 e. The number of amides is 1. The lowest BCUT2D eigenvalue weighted by Gasteiger charge is -2.03. The quantitative estimate of drug-likeness (QED) is 0.718. The molecule has 0 fully saturated rings. The monoisotopic (exact) mass is 254 g/mol. The Balaban J connectivity index is 1.97. The molecule has 7 nitrogen and oxygen atoms in total. The molecule has 7 heteroatoms. The molecule has 0 aliphatic carbocycles. The molecule has 3 rings (SSSR count). The lowest BCUT2D eigenvalue weighted by atomic mass is 10.1. The third-order valence-corrected chi connectivity index (χ3v) is 2.57. The number of aryl methyl sites for hydroxylation is 1. The smallest absolute Gasteiger partial charge is 0.260 e. The number of benzene rings is 1. The van der Waals surface area contributed by atoms with Crippen LogP contribution in [0.3, 0.4) is 0 Å². The van der Waals surface area contributed by atoms with Crippen LogP contribution in [0.25, 0.3) is 11.0 Å². The molecule has 0 unspecified atom stereocenters. The number of hydrogen-bond acceptors (Lipinski definition) is 5. The van der Waals surface area contributed by atoms with Crippen molar-refractivity contribution in [1.29, 1.82) is 0 Å². The molecule has 1 aromatic carbocycles. The molecule has 2 aromatic heterocycles. The van der Waals surface area contributed by atoms with Crippen LogP contribution < -0.4 is 5.32 Å². The Morgan fingerprint density at radius 1 is 1.26 bits per heavy atom. The van der Waals surface area contributed by atoms with Gasteiger partial charge in [0.05, 0.1) is 11.1 Å². The van der Waals surface area contributed by atoms with E-state index < -0.39 is 0 Å². The molecule has 2 N–H and O–H groups in total. The van der Waals surface area contributed by atoms with E-state index in [9.17, 15) is 4.79 Å². The number of nitrogens with one attached hydrogen (secondary N) is 2. The first-order valence-electron chi connectivity index (χ1n) is 5.64. The molecule has 0 saturated carbocycles. The average molecular weight is 254 g/mol. The van der Waals surface area contributed by atoms with Crippen LogP contribution in [0.1, 0.15) is 16.2 Å². The first-order chi connectivity index (χ1) is 9.24. The minimum Gasteiger partial charge on any atom is -0.289 e. The van der Waals surface area contributed by atoms with Crippen molar-refractivity contribution in [3.63, 3.8) is 0 Å². The number of nitrogens with zero attached hydrogens (tertiary/aromatic N) is 4. The van der Waals surface area contributed by atoms with Gasteiger partial charge in [0, 0.05) is 12.4 Å². The van der Waals surface area contributed by atoms with Gasteiger partial charge in [-0.15, -0.1) is 5.10 Å². The maximum absolute atomic E-state index is 12.2. The third-order valence-electron chi connectivity index (χ3n) is 2.57. The second kappa shape index (κ2) is 4.45. The fourth-order valence-electron chi connectivity index (χ4n) is 1.74. The van der Waals surface area contributed by atoms with Crippen LogP contribution in [-0.4, -0.2) is 31.1 Å². The SMILES string of the molecule is Cc1nc(NC(=O)c2cccc3nccnc23)n[nH]1. The molecule has 0 atom stereocenters. The highest BCUT2D eigenvalue weighted by Gasteiger charge is 2.13. The van der Waals surface area contributed by atoms with Gasteiger partial charge >= 0.3 is 0 Å². The third kappa shape index (κ3) is 2.13. The highest BCUT2D eigenvalue weighted by atomic mass is 16.1. The van der Waals surface area contributed by atoms with Crippen molar-refractivity contribution in [3.05, 3.63) is 42.0 Å². The highest BCUT2D eigenvalue weighted by Crippen LogP contribution is 2.14. The molecule has 19 heavy (non-hydrogen) atoms. The van der Waals surface area contributed by atoms with Crippen molar-refractivity contribution in [2.45, 2.75) is 6.92 Å². The second-order valence-electron chi connectivity index (χ2n) is 3.93. The Kier molecular flexibility index (Phi) is 2.64. The Morgan fingerprint density at radius 3 is 2.89 bits per heavy atom. The number of H-pyrrole nitrogens is 1. The fraction of sp³-hybridized carbons (Fsp3) is 0.0833. The Morgan fingerprint density at radius 2 is 2.11 bits per heavy atom. The van der Waals surface area contributed by atoms with Gasteiger partial charge in [0.1, 0.15) is 11.3 Å². The van der Waals surface area contributed by atoms with Gasteiger partial charge in [-0.2, -0.15) is 4.98 Å². The first kappa shape index (κ1) is 11.3. The topological polar surface area (TPSA) is 96.5 Å². The minimum atomic E-state index is -0.315. The number of anilines is 1. The predicted octanol–water partition coefficient (Wildman–Crippen LogP) is 1.31. The Labute approximate surface area is 108 Å². The summed E-state index contributed by atoms with van der Waals surface area (Å²) in [4.78, 5) is 24.5. The average Bonchev–Trinajstić information content (AvgIpc) is 2.83. The molecule has 2 heterocycles. The summed E-state index contributed by atoms with van der Waals surface area (Å²) >= 11 is 0. The van der Waals surface area contributed by atoms with Crippen LogP contribution in [0.15, 0.2) is 30.6 Å². The highest BCUT2D eigenvalue weighted by molar-refractivity contribution is 6.10. The first-order valence-corrected chi connectivity index (χ1v) is 5.64. The van der Waals surface area contributed by atoms with Crippen molar-refractivity contribution >= 4 is 22.9 Å². The van der Waals surface area contributed by atoms with Crippen LogP contribution in [0, 0.1) is 6.92 Å². The van der Waals surface area contributed by atoms with E-state index in [1.807, 2.05) is 0 Å². The van der Waals surface area contributed by atoms with Crippen LogP contribution in [0.5, 0.6) is 0 Å². The van der Waals surface area contributed by atoms with Crippen molar-refractivity contribution in [2.24, 2.45) is 0 Å². The second-order valence-corrected chi connectivity index (χ2v) is 3.93. The molecular weight excluding hydrogens is 244 g/mol. The predicted molar refractivity (Wildman–Crippen MR) is 68.6 cm³/mol. The fourth-order valence-corrected chi connectivity index (χ4v) is 1.74. The number of rotatable bonds is 2. The maximum atomic E-state index is 12.2. The molecule has 0 aliphatic rings. The number of hydrogen-bond donors (Lipinski definition) is 2. The molecule has 0 saturated heterocycles. The minimum absolute atomic E-state index is 0.239. The summed E-state index contributed by atoms with van der Waals surface area (Å²) in [5.74, 6) is 0.557.